The van der Waals surface area contributed by atoms with Crippen molar-refractivity contribution in [3.8, 4) is 0 Å². The van der Waals surface area contributed by atoms with E-state index in [1.54, 1.807) is 0 Å². The van der Waals surface area contributed by atoms with Gasteiger partial charge in [0.1, 0.15) is 0 Å². The van der Waals surface area contributed by atoms with Gasteiger partial charge in [-0.3, -0.25) is 0 Å². The molecule has 4 heteroatoms. The summed E-state index contributed by atoms with van der Waals surface area (Å²) < 4.78 is 1.22. The Kier molecular flexibility index (Phi) is 3.36. The fraction of sp³-hybridized carbons (Fsp3) is 0.333. The summed E-state index contributed by atoms with van der Waals surface area (Å²) >= 11 is 3.39. The number of hydrogen-bond acceptors (Lipinski definition) is 1. The van der Waals surface area contributed by atoms with Gasteiger partial charge in [0.05, 0.1) is 0 Å². The molecule has 2 nitrogen and oxygen atoms in total. The number of carbonyl (C=O) groups excluding carboxylic acids is 1. The second-order valence-corrected chi connectivity index (χ2v) is 10.0. The maximum atomic E-state index is 12.1. The van der Waals surface area contributed by atoms with Gasteiger partial charge in [0.15, 0.2) is 0 Å². The van der Waals surface area contributed by atoms with E-state index in [4.69, 9.17) is 0 Å². The van der Waals surface area contributed by atoms with Crippen molar-refractivity contribution in [2.24, 2.45) is 0 Å². The topological polar surface area (TPSA) is 20.3 Å². The minimum absolute atomic E-state index is 0.135. The summed E-state index contributed by atoms with van der Waals surface area (Å²) in [5.41, 5.74) is 0.971. The Bertz CT molecular complexity index is 408. The molecular formula is C12H13NOSe2. The molecule has 0 atom stereocenters. The van der Waals surface area contributed by atoms with Crippen LogP contribution in [0.1, 0.15) is 20.3 Å². The van der Waals surface area contributed by atoms with E-state index in [0.717, 1.165) is 9.13 Å². The third-order valence-corrected chi connectivity index (χ3v) is 5.89. The molecule has 84 valence electrons. The fourth-order valence-electron chi connectivity index (χ4n) is 1.69. The molecule has 0 unspecified atom stereocenters. The molecule has 1 aliphatic rings. The Balaban J connectivity index is 2.31. The Morgan fingerprint density at radius 1 is 1.31 bits per heavy atom. The van der Waals surface area contributed by atoms with Crippen molar-refractivity contribution in [1.82, 2.24) is 0 Å². The standard InChI is InChI=1S/C12H13NOSe2/c1-12(2)8-10(14)13(11(15)16-12)9-6-4-3-5-7-9/h3-7H,8H2,1-2H3. The summed E-state index contributed by atoms with van der Waals surface area (Å²) in [6.07, 6.45) is 0.632. The third-order valence-electron chi connectivity index (χ3n) is 2.39. The van der Waals surface area contributed by atoms with Crippen LogP contribution in [0.5, 0.6) is 0 Å². The van der Waals surface area contributed by atoms with Gasteiger partial charge in [0.25, 0.3) is 0 Å². The molecule has 0 N–H and O–H groups in total. The van der Waals surface area contributed by atoms with Gasteiger partial charge in [-0.15, -0.1) is 0 Å². The van der Waals surface area contributed by atoms with Gasteiger partial charge in [-0.05, 0) is 0 Å². The van der Waals surface area contributed by atoms with E-state index in [1.165, 1.54) is 0 Å². The first kappa shape index (κ1) is 12.1. The van der Waals surface area contributed by atoms with E-state index < -0.39 is 0 Å². The van der Waals surface area contributed by atoms with Crippen LogP contribution in [0.2, 0.25) is 4.31 Å². The van der Waals surface area contributed by atoms with Gasteiger partial charge in [-0.25, -0.2) is 0 Å². The molecule has 1 fully saturated rings. The van der Waals surface area contributed by atoms with E-state index in [1.807, 2.05) is 35.2 Å². The van der Waals surface area contributed by atoms with Crippen molar-refractivity contribution in [3.63, 3.8) is 0 Å². The van der Waals surface area contributed by atoms with Gasteiger partial charge >= 0.3 is 110 Å². The van der Waals surface area contributed by atoms with Crippen LogP contribution in [-0.4, -0.2) is 39.9 Å². The molecule has 0 radical (unpaired) electrons. The van der Waals surface area contributed by atoms with Crippen molar-refractivity contribution in [1.29, 1.82) is 0 Å². The molecule has 1 aromatic carbocycles. The van der Waals surface area contributed by atoms with E-state index >= 15 is 0 Å². The van der Waals surface area contributed by atoms with Gasteiger partial charge in [-0.2, -0.15) is 0 Å². The van der Waals surface area contributed by atoms with Crippen molar-refractivity contribution in [3.05, 3.63) is 30.3 Å². The van der Waals surface area contributed by atoms with Crippen molar-refractivity contribution in [2.45, 2.75) is 24.6 Å². The molecular weight excluding hydrogens is 332 g/mol. The normalized spacial score (nSPS) is 20.0. The minimum atomic E-state index is 0.135. The van der Waals surface area contributed by atoms with Crippen molar-refractivity contribution < 1.29 is 4.79 Å². The van der Waals surface area contributed by atoms with E-state index in [9.17, 15) is 4.79 Å². The number of rotatable bonds is 1. The second kappa shape index (κ2) is 4.46. The number of anilines is 1. The van der Waals surface area contributed by atoms with Gasteiger partial charge in [0.2, 0.25) is 0 Å². The Morgan fingerprint density at radius 2 is 1.94 bits per heavy atom. The van der Waals surface area contributed by atoms with E-state index in [2.05, 4.69) is 29.4 Å². The summed E-state index contributed by atoms with van der Waals surface area (Å²) in [7, 11) is 0. The first-order valence-electron chi connectivity index (χ1n) is 5.11. The first-order valence-corrected chi connectivity index (χ1v) is 7.67. The first-order chi connectivity index (χ1) is 7.49. The molecule has 0 aromatic heterocycles. The SMILES string of the molecule is CC1(C)CC(=O)N(c2ccccc2)C(=[Se])[Se]1. The zero-order valence-corrected chi connectivity index (χ0v) is 12.7. The Hall–Kier alpha value is -0.401. The van der Waals surface area contributed by atoms with Crippen LogP contribution in [0.3, 0.4) is 0 Å². The van der Waals surface area contributed by atoms with Gasteiger partial charge in [-0.1, -0.05) is 0 Å². The zero-order valence-electron chi connectivity index (χ0n) is 9.27. The number of para-hydroxylation sites is 1. The molecule has 1 heterocycles. The molecule has 1 saturated heterocycles. The van der Waals surface area contributed by atoms with Gasteiger partial charge < -0.3 is 0 Å². The second-order valence-electron chi connectivity index (χ2n) is 4.37. The van der Waals surface area contributed by atoms with Gasteiger partial charge in [0, 0.05) is 0 Å². The summed E-state index contributed by atoms with van der Waals surface area (Å²) in [5, 5.41) is 0. The number of nitrogens with zero attached hydrogens (tertiary/aromatic N) is 1. The summed E-state index contributed by atoms with van der Waals surface area (Å²) in [6.45, 7) is 4.31. The zero-order chi connectivity index (χ0) is 11.8. The van der Waals surface area contributed by atoms with Crippen LogP contribution in [0.15, 0.2) is 30.3 Å². The quantitative estimate of drug-likeness (QED) is 0.708. The fourth-order valence-corrected chi connectivity index (χ4v) is 6.61. The number of amides is 1. The van der Waals surface area contributed by atoms with Crippen LogP contribution in [0, 0.1) is 0 Å². The summed E-state index contributed by atoms with van der Waals surface area (Å²) in [4.78, 5) is 13.9. The monoisotopic (exact) mass is 347 g/mol. The number of hydrogen-bond donors (Lipinski definition) is 0. The average molecular weight is 345 g/mol. The Labute approximate surface area is 110 Å². The molecule has 0 bridgehead atoms. The number of benzene rings is 1. The molecule has 2 rings (SSSR count). The summed E-state index contributed by atoms with van der Waals surface area (Å²) in [6, 6.07) is 9.84. The molecule has 16 heavy (non-hydrogen) atoms. The average Bonchev–Trinajstić information content (AvgIpc) is 2.16. The van der Waals surface area contributed by atoms with E-state index in [-0.39, 0.29) is 10.2 Å². The predicted molar refractivity (Wildman–Crippen MR) is 69.1 cm³/mol. The van der Waals surface area contributed by atoms with Crippen LogP contribution < -0.4 is 4.90 Å². The molecule has 0 spiro atoms. The summed E-state index contributed by atoms with van der Waals surface area (Å²) in [5.74, 6) is 0.193. The Morgan fingerprint density at radius 3 is 2.50 bits per heavy atom. The van der Waals surface area contributed by atoms with Crippen LogP contribution in [0.4, 0.5) is 5.69 Å². The molecule has 1 aromatic rings. The number of carbonyl (C=O) groups is 1. The van der Waals surface area contributed by atoms with Crippen LogP contribution in [-0.2, 0) is 4.79 Å². The van der Waals surface area contributed by atoms with Crippen molar-refractivity contribution in [2.75, 3.05) is 4.90 Å². The van der Waals surface area contributed by atoms with Crippen LogP contribution in [0.25, 0.3) is 0 Å². The van der Waals surface area contributed by atoms with E-state index in [0.29, 0.717) is 21.4 Å². The van der Waals surface area contributed by atoms with Crippen molar-refractivity contribution >= 4 is 45.6 Å². The maximum absolute atomic E-state index is 12.1. The predicted octanol–water partition coefficient (Wildman–Crippen LogP) is 1.58. The van der Waals surface area contributed by atoms with Crippen LogP contribution >= 0.6 is 0 Å². The molecule has 1 amide bonds. The molecule has 0 aliphatic carbocycles. The third kappa shape index (κ3) is 2.46. The molecule has 0 saturated carbocycles. The molecule has 1 aliphatic heterocycles.